The molecule has 0 N–H and O–H groups in total. The molecule has 4 nitrogen and oxygen atoms in total. The fraction of sp³-hybridized carbons (Fsp3) is 0.0833. The van der Waals surface area contributed by atoms with Gasteiger partial charge in [0.1, 0.15) is 29.5 Å². The fourth-order valence-electron chi connectivity index (χ4n) is 2.96. The minimum Gasteiger partial charge on any atom is -0.487 e. The molecule has 3 aromatic carbocycles. The van der Waals surface area contributed by atoms with E-state index in [1.54, 1.807) is 6.08 Å². The summed E-state index contributed by atoms with van der Waals surface area (Å²) in [6, 6.07) is 21.6. The lowest BCUT2D eigenvalue weighted by Crippen LogP contribution is -1.98. The lowest BCUT2D eigenvalue weighted by atomic mass is 10.1. The quantitative estimate of drug-likeness (QED) is 0.257. The van der Waals surface area contributed by atoms with Gasteiger partial charge in [-0.2, -0.15) is 5.26 Å². The number of hydrogen-bond donors (Lipinski definition) is 0. The summed E-state index contributed by atoms with van der Waals surface area (Å²) in [7, 11) is 0. The molecule has 0 unspecified atom stereocenters. The largest absolute Gasteiger partial charge is 0.487 e. The molecule has 1 aromatic heterocycles. The maximum absolute atomic E-state index is 9.75. The zero-order valence-electron chi connectivity index (χ0n) is 16.0. The van der Waals surface area contributed by atoms with E-state index in [-0.39, 0.29) is 5.89 Å². The predicted octanol–water partition coefficient (Wildman–Crippen LogP) is 7.30. The van der Waals surface area contributed by atoms with E-state index < -0.39 is 0 Å². The highest BCUT2D eigenvalue weighted by Gasteiger charge is 2.14. The van der Waals surface area contributed by atoms with Gasteiger partial charge >= 0.3 is 0 Å². The van der Waals surface area contributed by atoms with Crippen molar-refractivity contribution in [1.29, 1.82) is 5.26 Å². The molecule has 0 radical (unpaired) electrons. The number of nitriles is 1. The number of nitrogens with zero attached hydrogens (tertiary/aromatic N) is 2. The van der Waals surface area contributed by atoms with E-state index in [9.17, 15) is 5.26 Å². The maximum atomic E-state index is 9.75. The number of aromatic nitrogens is 1. The highest BCUT2D eigenvalue weighted by molar-refractivity contribution is 9.11. The number of fused-ring (bicyclic) bond motifs is 1. The zero-order chi connectivity index (χ0) is 21.1. The van der Waals surface area contributed by atoms with E-state index in [1.807, 2.05) is 55.5 Å². The molecular formula is C24H16Br2N2O2. The second kappa shape index (κ2) is 8.86. The SMILES string of the molecule is Cc1ccc(COc2c(Br)cc(Br)cc2/C=C(\C#N)c2nc3ccccc3o2)cc1. The van der Waals surface area contributed by atoms with Gasteiger partial charge in [-0.25, -0.2) is 4.98 Å². The Morgan fingerprint density at radius 3 is 2.63 bits per heavy atom. The smallest absolute Gasteiger partial charge is 0.238 e. The topological polar surface area (TPSA) is 59.0 Å². The van der Waals surface area contributed by atoms with Crippen LogP contribution in [0.2, 0.25) is 0 Å². The van der Waals surface area contributed by atoms with Gasteiger partial charge in [0.15, 0.2) is 5.58 Å². The number of hydrogen-bond acceptors (Lipinski definition) is 4. The van der Waals surface area contributed by atoms with Gasteiger partial charge < -0.3 is 9.15 Å². The van der Waals surface area contributed by atoms with Gasteiger partial charge in [-0.15, -0.1) is 0 Å². The predicted molar refractivity (Wildman–Crippen MR) is 125 cm³/mol. The Morgan fingerprint density at radius 1 is 1.13 bits per heavy atom. The van der Waals surface area contributed by atoms with E-state index in [1.165, 1.54) is 5.56 Å². The van der Waals surface area contributed by atoms with Gasteiger partial charge in [0, 0.05) is 10.0 Å². The summed E-state index contributed by atoms with van der Waals surface area (Å²) in [6.45, 7) is 2.46. The Balaban J connectivity index is 1.71. The highest BCUT2D eigenvalue weighted by Crippen LogP contribution is 2.36. The van der Waals surface area contributed by atoms with Crippen LogP contribution in [0, 0.1) is 18.3 Å². The normalized spacial score (nSPS) is 11.5. The Morgan fingerprint density at radius 2 is 1.90 bits per heavy atom. The zero-order valence-corrected chi connectivity index (χ0v) is 19.2. The first-order valence-electron chi connectivity index (χ1n) is 9.18. The Labute approximate surface area is 191 Å². The molecule has 6 heteroatoms. The molecule has 1 heterocycles. The Kier molecular flexibility index (Phi) is 6.03. The second-order valence-corrected chi connectivity index (χ2v) is 8.51. The number of allylic oxidation sites excluding steroid dienone is 1. The minimum atomic E-state index is 0.277. The van der Waals surface area contributed by atoms with Gasteiger partial charge in [-0.3, -0.25) is 0 Å². The van der Waals surface area contributed by atoms with Gasteiger partial charge in [0.25, 0.3) is 0 Å². The van der Waals surface area contributed by atoms with Crippen molar-refractivity contribution in [2.75, 3.05) is 0 Å². The van der Waals surface area contributed by atoms with Gasteiger partial charge in [-0.05, 0) is 58.8 Å². The molecule has 4 rings (SSSR count). The molecule has 0 atom stereocenters. The lowest BCUT2D eigenvalue weighted by Gasteiger charge is -2.13. The van der Waals surface area contributed by atoms with Crippen molar-refractivity contribution < 1.29 is 9.15 Å². The van der Waals surface area contributed by atoms with Crippen LogP contribution >= 0.6 is 31.9 Å². The highest BCUT2D eigenvalue weighted by atomic mass is 79.9. The number of rotatable bonds is 5. The average molecular weight is 524 g/mol. The van der Waals surface area contributed by atoms with E-state index in [2.05, 4.69) is 55.0 Å². The Bertz CT molecular complexity index is 1250. The molecule has 0 saturated heterocycles. The van der Waals surface area contributed by atoms with Crippen LogP contribution in [0.3, 0.4) is 0 Å². The molecule has 0 fully saturated rings. The summed E-state index contributed by atoms with van der Waals surface area (Å²) < 4.78 is 13.5. The summed E-state index contributed by atoms with van der Waals surface area (Å²) >= 11 is 7.08. The first-order chi connectivity index (χ1) is 14.5. The molecule has 4 aromatic rings. The third kappa shape index (κ3) is 4.48. The van der Waals surface area contributed by atoms with Crippen molar-refractivity contribution in [2.24, 2.45) is 0 Å². The molecule has 148 valence electrons. The van der Waals surface area contributed by atoms with Crippen molar-refractivity contribution >= 4 is 54.6 Å². The molecule has 0 saturated carbocycles. The first kappa shape index (κ1) is 20.4. The van der Waals surface area contributed by atoms with E-state index in [0.29, 0.717) is 29.0 Å². The monoisotopic (exact) mass is 522 g/mol. The summed E-state index contributed by atoms with van der Waals surface area (Å²) in [5.41, 5.74) is 4.66. The minimum absolute atomic E-state index is 0.277. The van der Waals surface area contributed by atoms with E-state index in [0.717, 1.165) is 20.1 Å². The van der Waals surface area contributed by atoms with Crippen LogP contribution in [0.25, 0.3) is 22.7 Å². The van der Waals surface area contributed by atoms with Crippen LogP contribution in [-0.4, -0.2) is 4.98 Å². The number of ether oxygens (including phenoxy) is 1. The number of para-hydroxylation sites is 2. The molecular weight excluding hydrogens is 508 g/mol. The second-order valence-electron chi connectivity index (χ2n) is 6.74. The van der Waals surface area contributed by atoms with Crippen molar-refractivity contribution in [3.8, 4) is 11.8 Å². The standard InChI is InChI=1S/C24H16Br2N2O2/c1-15-6-8-16(9-7-15)14-29-23-17(11-19(25)12-20(23)26)10-18(13-27)24-28-21-4-2-3-5-22(21)30-24/h2-12H,14H2,1H3/b18-10+. The van der Waals surface area contributed by atoms with Gasteiger partial charge in [0.05, 0.1) is 4.47 Å². The maximum Gasteiger partial charge on any atom is 0.238 e. The van der Waals surface area contributed by atoms with Gasteiger partial charge in [0.2, 0.25) is 5.89 Å². The van der Waals surface area contributed by atoms with Crippen LogP contribution in [-0.2, 0) is 6.61 Å². The number of halogens is 2. The molecule has 0 spiro atoms. The van der Waals surface area contributed by atoms with Crippen molar-refractivity contribution in [2.45, 2.75) is 13.5 Å². The number of oxazole rings is 1. The summed E-state index contributed by atoms with van der Waals surface area (Å²) in [5, 5.41) is 9.75. The Hall–Kier alpha value is -2.88. The molecule has 0 aliphatic heterocycles. The molecule has 0 bridgehead atoms. The van der Waals surface area contributed by atoms with Crippen LogP contribution in [0.15, 0.2) is 74.0 Å². The fourth-order valence-corrected chi connectivity index (χ4v) is 4.34. The average Bonchev–Trinajstić information content (AvgIpc) is 3.16. The third-order valence-electron chi connectivity index (χ3n) is 4.49. The third-order valence-corrected chi connectivity index (χ3v) is 5.53. The van der Waals surface area contributed by atoms with Crippen molar-refractivity contribution in [3.63, 3.8) is 0 Å². The van der Waals surface area contributed by atoms with Crippen LogP contribution in [0.4, 0.5) is 0 Å². The van der Waals surface area contributed by atoms with Crippen LogP contribution in [0.1, 0.15) is 22.6 Å². The van der Waals surface area contributed by atoms with Crippen molar-refractivity contribution in [1.82, 2.24) is 4.98 Å². The number of benzene rings is 3. The summed E-state index contributed by atoms with van der Waals surface area (Å²) in [5.74, 6) is 0.918. The summed E-state index contributed by atoms with van der Waals surface area (Å²) in [4.78, 5) is 4.43. The van der Waals surface area contributed by atoms with E-state index in [4.69, 9.17) is 9.15 Å². The molecule has 0 amide bonds. The first-order valence-corrected chi connectivity index (χ1v) is 10.8. The molecule has 30 heavy (non-hydrogen) atoms. The molecule has 0 aliphatic carbocycles. The number of aryl methyl sites for hydroxylation is 1. The summed E-state index contributed by atoms with van der Waals surface area (Å²) in [6.07, 6.45) is 1.73. The van der Waals surface area contributed by atoms with Gasteiger partial charge in [-0.1, -0.05) is 57.9 Å². The lowest BCUT2D eigenvalue weighted by molar-refractivity contribution is 0.303. The van der Waals surface area contributed by atoms with Crippen molar-refractivity contribution in [3.05, 3.63) is 92.2 Å². The van der Waals surface area contributed by atoms with E-state index >= 15 is 0 Å². The van der Waals surface area contributed by atoms with Crippen LogP contribution < -0.4 is 4.74 Å². The molecule has 0 aliphatic rings. The van der Waals surface area contributed by atoms with Crippen LogP contribution in [0.5, 0.6) is 5.75 Å².